The number of amides is 4. The van der Waals surface area contributed by atoms with Crippen LogP contribution in [0.25, 0.3) is 6.08 Å². The first-order chi connectivity index (χ1) is 14.0. The molecule has 0 saturated carbocycles. The lowest BCUT2D eigenvalue weighted by Gasteiger charge is -2.26. The first-order valence-corrected chi connectivity index (χ1v) is 9.32. The monoisotopic (exact) mass is 397 g/mol. The Kier molecular flexibility index (Phi) is 6.01. The van der Waals surface area contributed by atoms with E-state index in [1.54, 1.807) is 18.2 Å². The van der Waals surface area contributed by atoms with E-state index in [0.29, 0.717) is 17.1 Å². The van der Waals surface area contributed by atoms with Crippen LogP contribution in [-0.4, -0.2) is 42.9 Å². The first-order valence-electron chi connectivity index (χ1n) is 9.32. The molecule has 2 heterocycles. The number of hydrogen-bond acceptors (Lipinski definition) is 6. The lowest BCUT2D eigenvalue weighted by molar-refractivity contribution is -0.130. The topological polar surface area (TPSA) is 92.1 Å². The Morgan fingerprint density at radius 2 is 1.93 bits per heavy atom. The highest BCUT2D eigenvalue weighted by Gasteiger charge is 2.36. The quantitative estimate of drug-likeness (QED) is 0.571. The van der Waals surface area contributed by atoms with Gasteiger partial charge in [0.25, 0.3) is 11.8 Å². The molecule has 8 heteroatoms. The zero-order chi connectivity index (χ0) is 21.0. The number of nitrogens with zero attached hydrogens (tertiary/aromatic N) is 2. The lowest BCUT2D eigenvalue weighted by Crippen LogP contribution is -2.53. The fourth-order valence-corrected chi connectivity index (χ4v) is 3.16. The van der Waals surface area contributed by atoms with Crippen molar-refractivity contribution in [3.8, 4) is 5.75 Å². The number of nitrogens with one attached hydrogen (secondary N) is 1. The van der Waals surface area contributed by atoms with Crippen LogP contribution in [0.4, 0.5) is 10.5 Å². The number of methoxy groups -OCH3 is 1. The third-order valence-electron chi connectivity index (χ3n) is 4.73. The summed E-state index contributed by atoms with van der Waals surface area (Å²) in [6.45, 7) is 5.72. The Morgan fingerprint density at radius 1 is 1.17 bits per heavy atom. The molecule has 1 aromatic carbocycles. The van der Waals surface area contributed by atoms with E-state index in [2.05, 4.69) is 24.1 Å². The zero-order valence-corrected chi connectivity index (χ0v) is 16.6. The van der Waals surface area contributed by atoms with E-state index in [1.807, 2.05) is 12.1 Å². The minimum atomic E-state index is -0.780. The van der Waals surface area contributed by atoms with Gasteiger partial charge in [0.1, 0.15) is 17.1 Å². The van der Waals surface area contributed by atoms with Crippen molar-refractivity contribution in [3.63, 3.8) is 0 Å². The highest BCUT2D eigenvalue weighted by Crippen LogP contribution is 2.28. The van der Waals surface area contributed by atoms with Gasteiger partial charge < -0.3 is 14.1 Å². The summed E-state index contributed by atoms with van der Waals surface area (Å²) in [5.41, 5.74) is 1.39. The average molecular weight is 397 g/mol. The molecule has 0 radical (unpaired) electrons. The van der Waals surface area contributed by atoms with Gasteiger partial charge in [0.05, 0.1) is 19.9 Å². The summed E-state index contributed by atoms with van der Waals surface area (Å²) < 4.78 is 10.7. The van der Waals surface area contributed by atoms with Crippen molar-refractivity contribution >= 4 is 29.6 Å². The highest BCUT2D eigenvalue weighted by atomic mass is 16.5. The molecule has 1 N–H and O–H groups in total. The van der Waals surface area contributed by atoms with Crippen LogP contribution in [-0.2, 0) is 16.1 Å². The SMILES string of the molecule is CCN(CC)c1ccc(/C=C2\C(=O)NC(=O)N(Cc3ccco3)C2=O)c(OC)c1. The molecule has 1 aliphatic heterocycles. The fraction of sp³-hybridized carbons (Fsp3) is 0.286. The summed E-state index contributed by atoms with van der Waals surface area (Å²) in [4.78, 5) is 40.4. The predicted molar refractivity (Wildman–Crippen MR) is 107 cm³/mol. The molecule has 29 heavy (non-hydrogen) atoms. The molecule has 0 atom stereocenters. The highest BCUT2D eigenvalue weighted by molar-refractivity contribution is 6.31. The van der Waals surface area contributed by atoms with Crippen LogP contribution in [0.5, 0.6) is 5.75 Å². The van der Waals surface area contributed by atoms with E-state index in [4.69, 9.17) is 9.15 Å². The standard InChI is InChI=1S/C21H23N3O5/c1-4-23(5-2)15-9-8-14(18(12-15)28-3)11-17-19(25)22-21(27)24(20(17)26)13-16-7-6-10-29-16/h6-12H,4-5,13H2,1-3H3,(H,22,25,27)/b17-11+. The van der Waals surface area contributed by atoms with Gasteiger partial charge in [-0.2, -0.15) is 0 Å². The van der Waals surface area contributed by atoms with Gasteiger partial charge in [-0.05, 0) is 44.2 Å². The van der Waals surface area contributed by atoms with Crippen LogP contribution < -0.4 is 15.0 Å². The van der Waals surface area contributed by atoms with Crippen molar-refractivity contribution in [2.75, 3.05) is 25.1 Å². The number of rotatable bonds is 7. The summed E-state index contributed by atoms with van der Waals surface area (Å²) in [6.07, 6.45) is 2.88. The number of carbonyl (C=O) groups excluding carboxylic acids is 3. The average Bonchev–Trinajstić information content (AvgIpc) is 3.23. The molecule has 0 spiro atoms. The molecule has 0 unspecified atom stereocenters. The van der Waals surface area contributed by atoms with Crippen molar-refractivity contribution in [1.82, 2.24) is 10.2 Å². The minimum Gasteiger partial charge on any atom is -0.496 e. The molecule has 3 rings (SSSR count). The molecule has 152 valence electrons. The number of urea groups is 1. The molecule has 1 saturated heterocycles. The summed E-state index contributed by atoms with van der Waals surface area (Å²) in [6, 6.07) is 8.07. The van der Waals surface area contributed by atoms with Gasteiger partial charge >= 0.3 is 6.03 Å². The second-order valence-corrected chi connectivity index (χ2v) is 6.39. The maximum atomic E-state index is 12.8. The summed E-state index contributed by atoms with van der Waals surface area (Å²) >= 11 is 0. The second-order valence-electron chi connectivity index (χ2n) is 6.39. The number of hydrogen-bond donors (Lipinski definition) is 1. The summed E-state index contributed by atoms with van der Waals surface area (Å²) in [7, 11) is 1.53. The number of barbiturate groups is 1. The van der Waals surface area contributed by atoms with Crippen LogP contribution in [0.15, 0.2) is 46.6 Å². The number of benzene rings is 1. The van der Waals surface area contributed by atoms with Gasteiger partial charge in [0, 0.05) is 30.4 Å². The Morgan fingerprint density at radius 3 is 2.55 bits per heavy atom. The van der Waals surface area contributed by atoms with Gasteiger partial charge in [-0.3, -0.25) is 19.8 Å². The van der Waals surface area contributed by atoms with Crippen LogP contribution in [0.2, 0.25) is 0 Å². The molecule has 0 bridgehead atoms. The Bertz CT molecular complexity index is 945. The first kappa shape index (κ1) is 20.2. The number of furan rings is 1. The van der Waals surface area contributed by atoms with Crippen LogP contribution in [0, 0.1) is 0 Å². The Balaban J connectivity index is 1.94. The van der Waals surface area contributed by atoms with E-state index >= 15 is 0 Å². The third-order valence-corrected chi connectivity index (χ3v) is 4.73. The van der Waals surface area contributed by atoms with Gasteiger partial charge in [0.2, 0.25) is 0 Å². The van der Waals surface area contributed by atoms with Crippen molar-refractivity contribution < 1.29 is 23.5 Å². The molecule has 0 aliphatic carbocycles. The van der Waals surface area contributed by atoms with Crippen molar-refractivity contribution in [3.05, 3.63) is 53.5 Å². The van der Waals surface area contributed by atoms with E-state index in [0.717, 1.165) is 23.7 Å². The van der Waals surface area contributed by atoms with Crippen molar-refractivity contribution in [2.24, 2.45) is 0 Å². The molecule has 4 amide bonds. The van der Waals surface area contributed by atoms with E-state index in [1.165, 1.54) is 19.4 Å². The second kappa shape index (κ2) is 8.64. The molecule has 1 aromatic heterocycles. The number of ether oxygens (including phenoxy) is 1. The molecular weight excluding hydrogens is 374 g/mol. The van der Waals surface area contributed by atoms with E-state index < -0.39 is 17.8 Å². The van der Waals surface area contributed by atoms with E-state index in [-0.39, 0.29) is 12.1 Å². The van der Waals surface area contributed by atoms with Crippen LogP contribution in [0.1, 0.15) is 25.2 Å². The third kappa shape index (κ3) is 4.16. The fourth-order valence-electron chi connectivity index (χ4n) is 3.16. The molecular formula is C21H23N3O5. The van der Waals surface area contributed by atoms with Gasteiger partial charge in [-0.25, -0.2) is 4.79 Å². The molecule has 1 fully saturated rings. The summed E-state index contributed by atoms with van der Waals surface area (Å²) in [5, 5.41) is 2.20. The van der Waals surface area contributed by atoms with Gasteiger partial charge in [-0.1, -0.05) is 0 Å². The Labute approximate surface area is 168 Å². The van der Waals surface area contributed by atoms with Crippen molar-refractivity contribution in [1.29, 1.82) is 0 Å². The van der Waals surface area contributed by atoms with Crippen molar-refractivity contribution in [2.45, 2.75) is 20.4 Å². The van der Waals surface area contributed by atoms with E-state index in [9.17, 15) is 14.4 Å². The smallest absolute Gasteiger partial charge is 0.331 e. The maximum Gasteiger partial charge on any atom is 0.331 e. The summed E-state index contributed by atoms with van der Waals surface area (Å²) in [5.74, 6) is -0.476. The number of anilines is 1. The number of carbonyl (C=O) groups is 3. The lowest BCUT2D eigenvalue weighted by atomic mass is 10.1. The molecule has 8 nitrogen and oxygen atoms in total. The minimum absolute atomic E-state index is 0.0691. The largest absolute Gasteiger partial charge is 0.496 e. The zero-order valence-electron chi connectivity index (χ0n) is 16.6. The predicted octanol–water partition coefficient (Wildman–Crippen LogP) is 2.80. The Hall–Kier alpha value is -3.55. The normalized spacial score (nSPS) is 15.6. The maximum absolute atomic E-state index is 12.8. The van der Waals surface area contributed by atoms with Gasteiger partial charge in [-0.15, -0.1) is 0 Å². The van der Waals surface area contributed by atoms with Crippen LogP contribution >= 0.6 is 0 Å². The molecule has 2 aromatic rings. The number of imide groups is 2. The molecule has 1 aliphatic rings. The van der Waals surface area contributed by atoms with Gasteiger partial charge in [0.15, 0.2) is 0 Å². The van der Waals surface area contributed by atoms with Crippen LogP contribution in [0.3, 0.4) is 0 Å².